The third-order valence-electron chi connectivity index (χ3n) is 2.48. The molecule has 162 valence electrons. The van der Waals surface area contributed by atoms with Gasteiger partial charge in [0.1, 0.15) is 6.10 Å². The lowest BCUT2D eigenvalue weighted by Gasteiger charge is -2.36. The number of aliphatic hydroxyl groups is 2. The maximum atomic E-state index is 11.7. The van der Waals surface area contributed by atoms with Crippen molar-refractivity contribution in [1.29, 1.82) is 0 Å². The van der Waals surface area contributed by atoms with Crippen LogP contribution in [0.2, 0.25) is 45.8 Å². The number of carbonyl (C=O) groups excluding carboxylic acids is 1. The van der Waals surface area contributed by atoms with Gasteiger partial charge in [0.2, 0.25) is 0 Å². The second-order valence-electron chi connectivity index (χ2n) is 8.37. The van der Waals surface area contributed by atoms with E-state index in [1.54, 1.807) is 13.5 Å². The SMILES string of the molecule is C=C(C)C(=O)O[Si](C)(O[Si](C)(C)C)O[Si](C)(C)C.CCCOCC(O)CO. The van der Waals surface area contributed by atoms with Gasteiger partial charge >= 0.3 is 14.8 Å². The Hall–Kier alpha value is -0.339. The Morgan fingerprint density at radius 1 is 1.04 bits per heavy atom. The van der Waals surface area contributed by atoms with Gasteiger partial charge in [0.15, 0.2) is 16.6 Å². The van der Waals surface area contributed by atoms with Crippen LogP contribution < -0.4 is 0 Å². The summed E-state index contributed by atoms with van der Waals surface area (Å²) in [7, 11) is -6.62. The molecule has 0 radical (unpaired) electrons. The first-order valence-corrected chi connectivity index (χ1v) is 18.2. The summed E-state index contributed by atoms with van der Waals surface area (Å²) < 4.78 is 22.5. The molecule has 1 unspecified atom stereocenters. The van der Waals surface area contributed by atoms with Crippen molar-refractivity contribution in [3.05, 3.63) is 12.2 Å². The fourth-order valence-corrected chi connectivity index (χ4v) is 12.1. The predicted molar refractivity (Wildman–Crippen MR) is 116 cm³/mol. The van der Waals surface area contributed by atoms with Crippen LogP contribution in [0.15, 0.2) is 12.2 Å². The van der Waals surface area contributed by atoms with Crippen LogP contribution >= 0.6 is 0 Å². The van der Waals surface area contributed by atoms with Crippen LogP contribution in [0.1, 0.15) is 20.3 Å². The molecule has 0 heterocycles. The van der Waals surface area contributed by atoms with E-state index in [0.717, 1.165) is 6.42 Å². The maximum Gasteiger partial charge on any atom is 0.543 e. The predicted octanol–water partition coefficient (Wildman–Crippen LogP) is 3.14. The number of aliphatic hydroxyl groups excluding tert-OH is 2. The van der Waals surface area contributed by atoms with E-state index < -0.39 is 37.5 Å². The Labute approximate surface area is 168 Å². The Balaban J connectivity index is 0. The normalized spacial score (nSPS) is 13.4. The molecule has 0 rings (SSSR count). The molecule has 7 nitrogen and oxygen atoms in total. The third-order valence-corrected chi connectivity index (χ3v) is 10.9. The molecule has 1 atom stereocenters. The van der Waals surface area contributed by atoms with Gasteiger partial charge in [0.25, 0.3) is 0 Å². The first-order chi connectivity index (χ1) is 12.0. The van der Waals surface area contributed by atoms with Gasteiger partial charge < -0.3 is 27.6 Å². The van der Waals surface area contributed by atoms with Crippen molar-refractivity contribution in [3.63, 3.8) is 0 Å². The number of hydrogen-bond acceptors (Lipinski definition) is 7. The molecule has 0 aliphatic rings. The largest absolute Gasteiger partial charge is 0.543 e. The molecule has 0 aromatic carbocycles. The molecule has 0 saturated carbocycles. The highest BCUT2D eigenvalue weighted by molar-refractivity contribution is 6.85. The van der Waals surface area contributed by atoms with Crippen LogP contribution in [0.3, 0.4) is 0 Å². The monoisotopic (exact) mass is 440 g/mol. The topological polar surface area (TPSA) is 94.5 Å². The first-order valence-electron chi connectivity index (χ1n) is 9.21. The lowest BCUT2D eigenvalue weighted by molar-refractivity contribution is -0.133. The molecule has 0 bridgehead atoms. The molecule has 2 N–H and O–H groups in total. The van der Waals surface area contributed by atoms with Crippen molar-refractivity contribution in [2.45, 2.75) is 72.2 Å². The van der Waals surface area contributed by atoms with Gasteiger partial charge in [0, 0.05) is 18.7 Å². The third kappa shape index (κ3) is 18.8. The van der Waals surface area contributed by atoms with E-state index in [4.69, 9.17) is 27.6 Å². The Bertz CT molecular complexity index is 429. The molecule has 0 aromatic rings. The summed E-state index contributed by atoms with van der Waals surface area (Å²) in [5, 5.41) is 17.0. The van der Waals surface area contributed by atoms with Gasteiger partial charge in [-0.15, -0.1) is 0 Å². The van der Waals surface area contributed by atoms with Crippen LogP contribution in [0.5, 0.6) is 0 Å². The van der Waals surface area contributed by atoms with E-state index in [1.165, 1.54) is 0 Å². The summed E-state index contributed by atoms with van der Waals surface area (Å²) in [4.78, 5) is 11.7. The van der Waals surface area contributed by atoms with Crippen molar-refractivity contribution in [2.24, 2.45) is 0 Å². The van der Waals surface area contributed by atoms with Gasteiger partial charge in [-0.25, -0.2) is 4.79 Å². The second-order valence-corrected chi connectivity index (χ2v) is 20.4. The average molecular weight is 441 g/mol. The quantitative estimate of drug-likeness (QED) is 0.289. The summed E-state index contributed by atoms with van der Waals surface area (Å²) in [6.45, 7) is 22.0. The summed E-state index contributed by atoms with van der Waals surface area (Å²) >= 11 is 0. The minimum Gasteiger partial charge on any atom is -0.471 e. The minimum atomic E-state index is -2.93. The minimum absolute atomic E-state index is 0.219. The molecule has 0 aromatic heterocycles. The molecule has 0 fully saturated rings. The molecule has 0 spiro atoms. The number of carbonyl (C=O) groups is 1. The summed E-state index contributed by atoms with van der Waals surface area (Å²) in [5.41, 5.74) is 0.368. The second kappa shape index (κ2) is 13.0. The fraction of sp³-hybridized carbons (Fsp3) is 0.824. The number of ether oxygens (including phenoxy) is 1. The van der Waals surface area contributed by atoms with Crippen LogP contribution in [0.4, 0.5) is 0 Å². The zero-order valence-electron chi connectivity index (χ0n) is 18.5. The van der Waals surface area contributed by atoms with E-state index in [2.05, 4.69) is 45.9 Å². The zero-order valence-corrected chi connectivity index (χ0v) is 21.5. The van der Waals surface area contributed by atoms with Gasteiger partial charge in [-0.1, -0.05) is 13.5 Å². The standard InChI is InChI=1S/C11H26O4Si3.C6H14O3/c1-10(2)11(12)13-18(9,14-16(3,4)5)15-17(6,7)8;1-2-3-9-5-6(8)4-7/h1H2,2-9H3;6-8H,2-5H2,1H3. The molecule has 27 heavy (non-hydrogen) atoms. The van der Waals surface area contributed by atoms with Crippen LogP contribution in [0.25, 0.3) is 0 Å². The molecule has 0 aliphatic heterocycles. The first kappa shape index (κ1) is 28.9. The zero-order chi connectivity index (χ0) is 21.9. The van der Waals surface area contributed by atoms with Crippen molar-refractivity contribution in [3.8, 4) is 0 Å². The highest BCUT2D eigenvalue weighted by Crippen LogP contribution is 2.22. The Morgan fingerprint density at radius 3 is 1.78 bits per heavy atom. The van der Waals surface area contributed by atoms with E-state index in [1.807, 2.05) is 6.92 Å². The summed E-state index contributed by atoms with van der Waals surface area (Å²) in [6.07, 6.45) is 0.231. The molecule has 0 amide bonds. The maximum absolute atomic E-state index is 11.7. The number of hydrogen-bond donors (Lipinski definition) is 2. The van der Waals surface area contributed by atoms with Gasteiger partial charge in [-0.3, -0.25) is 0 Å². The van der Waals surface area contributed by atoms with Gasteiger partial charge in [-0.2, -0.15) is 0 Å². The van der Waals surface area contributed by atoms with Gasteiger partial charge in [-0.05, 0) is 52.6 Å². The lowest BCUT2D eigenvalue weighted by atomic mass is 10.4. The Kier molecular flexibility index (Phi) is 13.9. The smallest absolute Gasteiger partial charge is 0.471 e. The van der Waals surface area contributed by atoms with E-state index in [-0.39, 0.29) is 13.2 Å². The van der Waals surface area contributed by atoms with Crippen LogP contribution in [0, 0.1) is 0 Å². The molecule has 10 heteroatoms. The Morgan fingerprint density at radius 2 is 1.48 bits per heavy atom. The van der Waals surface area contributed by atoms with E-state index in [9.17, 15) is 4.79 Å². The van der Waals surface area contributed by atoms with Crippen molar-refractivity contribution < 1.29 is 32.4 Å². The van der Waals surface area contributed by atoms with E-state index >= 15 is 0 Å². The van der Waals surface area contributed by atoms with Crippen LogP contribution in [-0.2, 0) is 22.2 Å². The highest BCUT2D eigenvalue weighted by atomic mass is 28.5. The van der Waals surface area contributed by atoms with Crippen LogP contribution in [-0.4, -0.2) is 67.5 Å². The average Bonchev–Trinajstić information content (AvgIpc) is 2.43. The number of rotatable bonds is 11. The molecular formula is C17H40O7Si3. The fourth-order valence-electron chi connectivity index (χ4n) is 1.85. The molecule has 0 aliphatic carbocycles. The van der Waals surface area contributed by atoms with E-state index in [0.29, 0.717) is 12.2 Å². The van der Waals surface area contributed by atoms with Gasteiger partial charge in [0.05, 0.1) is 13.2 Å². The lowest BCUT2D eigenvalue weighted by Crippen LogP contribution is -2.55. The van der Waals surface area contributed by atoms with Crippen molar-refractivity contribution in [2.75, 3.05) is 19.8 Å². The molecule has 0 saturated heterocycles. The van der Waals surface area contributed by atoms with Crippen molar-refractivity contribution in [1.82, 2.24) is 0 Å². The molecular weight excluding hydrogens is 400 g/mol. The van der Waals surface area contributed by atoms with Crippen molar-refractivity contribution >= 4 is 31.4 Å². The summed E-state index contributed by atoms with van der Waals surface area (Å²) in [5.74, 6) is -0.430. The summed E-state index contributed by atoms with van der Waals surface area (Å²) in [6, 6.07) is 0. The highest BCUT2D eigenvalue weighted by Gasteiger charge is 2.46.